The molecule has 2 heterocycles. The first-order chi connectivity index (χ1) is 15.3. The first-order valence-electron chi connectivity index (χ1n) is 10.7. The quantitative estimate of drug-likeness (QED) is 0.565. The molecule has 1 amide bonds. The largest absolute Gasteiger partial charge is 0.492 e. The highest BCUT2D eigenvalue weighted by atomic mass is 32.2. The van der Waals surface area contributed by atoms with E-state index in [1.807, 2.05) is 36.7 Å². The number of amides is 1. The first kappa shape index (κ1) is 22.7. The fraction of sp³-hybridized carbons (Fsp3) is 0.391. The van der Waals surface area contributed by atoms with Crippen molar-refractivity contribution in [2.75, 3.05) is 19.7 Å². The highest BCUT2D eigenvalue weighted by molar-refractivity contribution is 7.89. The van der Waals surface area contributed by atoms with Crippen molar-refractivity contribution < 1.29 is 17.9 Å². The number of fused-ring (bicyclic) bond motifs is 1. The molecule has 0 saturated carbocycles. The Morgan fingerprint density at radius 2 is 1.97 bits per heavy atom. The van der Waals surface area contributed by atoms with E-state index in [1.165, 1.54) is 39.9 Å². The second kappa shape index (κ2) is 9.17. The number of thiazole rings is 1. The molecule has 7 nitrogen and oxygen atoms in total. The Kier molecular flexibility index (Phi) is 6.50. The minimum atomic E-state index is -3.56. The maximum absolute atomic E-state index is 12.9. The molecule has 2 aromatic carbocycles. The van der Waals surface area contributed by atoms with E-state index in [2.05, 4.69) is 11.9 Å². The van der Waals surface area contributed by atoms with Crippen LogP contribution in [0.2, 0.25) is 0 Å². The number of piperidine rings is 1. The Bertz CT molecular complexity index is 1310. The van der Waals surface area contributed by atoms with Crippen molar-refractivity contribution in [1.82, 2.24) is 8.87 Å². The minimum Gasteiger partial charge on any atom is -0.492 e. The van der Waals surface area contributed by atoms with E-state index in [0.717, 1.165) is 28.8 Å². The summed E-state index contributed by atoms with van der Waals surface area (Å²) < 4.78 is 35.9. The third-order valence-electron chi connectivity index (χ3n) is 5.64. The molecule has 32 heavy (non-hydrogen) atoms. The van der Waals surface area contributed by atoms with Gasteiger partial charge in [0.2, 0.25) is 10.0 Å². The van der Waals surface area contributed by atoms with Crippen LogP contribution in [0.15, 0.2) is 52.4 Å². The molecule has 0 spiro atoms. The molecule has 1 aromatic heterocycles. The minimum absolute atomic E-state index is 0.205. The molecule has 1 atom stereocenters. The van der Waals surface area contributed by atoms with Crippen LogP contribution >= 0.6 is 11.3 Å². The van der Waals surface area contributed by atoms with Gasteiger partial charge in [-0.05, 0) is 62.1 Å². The zero-order valence-corrected chi connectivity index (χ0v) is 20.1. The van der Waals surface area contributed by atoms with Gasteiger partial charge in [0.05, 0.1) is 16.2 Å². The molecular weight excluding hydrogens is 446 g/mol. The summed E-state index contributed by atoms with van der Waals surface area (Å²) in [6, 6.07) is 11.8. The van der Waals surface area contributed by atoms with Gasteiger partial charge in [-0.15, -0.1) is 0 Å². The Hall–Kier alpha value is -2.49. The van der Waals surface area contributed by atoms with Crippen LogP contribution in [0.5, 0.6) is 5.75 Å². The van der Waals surface area contributed by atoms with Crippen molar-refractivity contribution in [2.24, 2.45) is 18.0 Å². The molecule has 1 aliphatic rings. The molecule has 1 saturated heterocycles. The third-order valence-corrected chi connectivity index (χ3v) is 8.62. The molecule has 9 heteroatoms. The summed E-state index contributed by atoms with van der Waals surface area (Å²) in [5.74, 6) is 0.684. The maximum atomic E-state index is 12.9. The molecule has 1 fully saturated rings. The second-order valence-electron chi connectivity index (χ2n) is 8.03. The summed E-state index contributed by atoms with van der Waals surface area (Å²) >= 11 is 1.41. The van der Waals surface area contributed by atoms with Crippen molar-refractivity contribution in [3.63, 3.8) is 0 Å². The van der Waals surface area contributed by atoms with Crippen LogP contribution in [0, 0.1) is 5.92 Å². The summed E-state index contributed by atoms with van der Waals surface area (Å²) in [5.41, 5.74) is 1.24. The Balaban J connectivity index is 1.62. The van der Waals surface area contributed by atoms with Gasteiger partial charge in [-0.25, -0.2) is 8.42 Å². The molecular formula is C23H27N3O4S2. The van der Waals surface area contributed by atoms with E-state index < -0.39 is 15.9 Å². The number of aromatic nitrogens is 1. The smallest absolute Gasteiger partial charge is 0.279 e. The number of carbonyl (C=O) groups is 1. The predicted octanol–water partition coefficient (Wildman–Crippen LogP) is 3.80. The zero-order chi connectivity index (χ0) is 22.9. The van der Waals surface area contributed by atoms with Gasteiger partial charge in [-0.2, -0.15) is 9.30 Å². The van der Waals surface area contributed by atoms with Crippen LogP contribution in [0.4, 0.5) is 0 Å². The number of carbonyl (C=O) groups excluding carboxylic acids is 1. The van der Waals surface area contributed by atoms with Gasteiger partial charge in [0.1, 0.15) is 11.3 Å². The number of sulfonamides is 1. The number of rotatable bonds is 5. The molecule has 1 unspecified atom stereocenters. The number of hydrogen-bond donors (Lipinski definition) is 0. The lowest BCUT2D eigenvalue weighted by Gasteiger charge is -2.30. The van der Waals surface area contributed by atoms with Crippen LogP contribution in [0.3, 0.4) is 0 Å². The van der Waals surface area contributed by atoms with E-state index in [1.54, 1.807) is 0 Å². The maximum Gasteiger partial charge on any atom is 0.279 e. The highest BCUT2D eigenvalue weighted by Gasteiger charge is 2.28. The van der Waals surface area contributed by atoms with Gasteiger partial charge < -0.3 is 9.30 Å². The van der Waals surface area contributed by atoms with E-state index in [-0.39, 0.29) is 4.90 Å². The summed E-state index contributed by atoms with van der Waals surface area (Å²) in [4.78, 5) is 17.8. The van der Waals surface area contributed by atoms with Crippen molar-refractivity contribution >= 4 is 37.5 Å². The molecule has 0 bridgehead atoms. The summed E-state index contributed by atoms with van der Waals surface area (Å²) in [6.45, 7) is 5.61. The van der Waals surface area contributed by atoms with E-state index in [9.17, 15) is 13.2 Å². The molecule has 1 aliphatic heterocycles. The van der Waals surface area contributed by atoms with Gasteiger partial charge in [0.15, 0.2) is 4.80 Å². The van der Waals surface area contributed by atoms with Gasteiger partial charge in [-0.1, -0.05) is 24.3 Å². The lowest BCUT2D eigenvalue weighted by Crippen LogP contribution is -2.39. The number of benzene rings is 2. The molecule has 4 rings (SSSR count). The fourth-order valence-corrected chi connectivity index (χ4v) is 6.61. The monoisotopic (exact) mass is 473 g/mol. The third kappa shape index (κ3) is 4.37. The topological polar surface area (TPSA) is 81.0 Å². The van der Waals surface area contributed by atoms with Crippen LogP contribution < -0.4 is 9.54 Å². The SMILES string of the molecule is CCOc1cccc2sc(=NC(=O)c3ccc(S(=O)(=O)N4CCCC(C)C4)cc3)n(C)c12. The number of hydrogen-bond acceptors (Lipinski definition) is 5. The Morgan fingerprint density at radius 3 is 2.66 bits per heavy atom. The van der Waals surface area contributed by atoms with E-state index in [0.29, 0.717) is 36.0 Å². The summed E-state index contributed by atoms with van der Waals surface area (Å²) in [5, 5.41) is 0. The summed E-state index contributed by atoms with van der Waals surface area (Å²) in [6.07, 6.45) is 1.91. The summed E-state index contributed by atoms with van der Waals surface area (Å²) in [7, 11) is -1.71. The molecule has 170 valence electrons. The lowest BCUT2D eigenvalue weighted by molar-refractivity contribution is 0.0998. The molecule has 0 aliphatic carbocycles. The lowest BCUT2D eigenvalue weighted by atomic mass is 10.0. The van der Waals surface area contributed by atoms with Crippen LogP contribution in [-0.2, 0) is 17.1 Å². The van der Waals surface area contributed by atoms with Crippen molar-refractivity contribution in [2.45, 2.75) is 31.6 Å². The highest BCUT2D eigenvalue weighted by Crippen LogP contribution is 2.27. The van der Waals surface area contributed by atoms with Gasteiger partial charge in [0, 0.05) is 25.7 Å². The Labute approximate surface area is 192 Å². The average Bonchev–Trinajstić information content (AvgIpc) is 3.10. The van der Waals surface area contributed by atoms with Gasteiger partial charge >= 0.3 is 0 Å². The normalized spacial score (nSPS) is 18.2. The van der Waals surface area contributed by atoms with Crippen molar-refractivity contribution in [1.29, 1.82) is 0 Å². The van der Waals surface area contributed by atoms with Crippen molar-refractivity contribution in [3.8, 4) is 5.75 Å². The predicted molar refractivity (Wildman–Crippen MR) is 125 cm³/mol. The van der Waals surface area contributed by atoms with Crippen molar-refractivity contribution in [3.05, 3.63) is 52.8 Å². The van der Waals surface area contributed by atoms with Crippen LogP contribution in [0.25, 0.3) is 10.2 Å². The molecule has 0 radical (unpaired) electrons. The number of nitrogens with zero attached hydrogens (tertiary/aromatic N) is 3. The Morgan fingerprint density at radius 1 is 1.22 bits per heavy atom. The van der Waals surface area contributed by atoms with E-state index >= 15 is 0 Å². The second-order valence-corrected chi connectivity index (χ2v) is 11.0. The van der Waals surface area contributed by atoms with Crippen LogP contribution in [-0.4, -0.2) is 42.9 Å². The van der Waals surface area contributed by atoms with Gasteiger partial charge in [0.25, 0.3) is 5.91 Å². The van der Waals surface area contributed by atoms with Gasteiger partial charge in [-0.3, -0.25) is 4.79 Å². The van der Waals surface area contributed by atoms with Crippen LogP contribution in [0.1, 0.15) is 37.0 Å². The standard InChI is InChI=1S/C23H27N3O4S2/c1-4-30-19-8-5-9-20-21(19)25(3)23(31-20)24-22(27)17-10-12-18(13-11-17)32(28,29)26-14-6-7-16(2)15-26/h5,8-13,16H,4,6-7,14-15H2,1-3H3. The fourth-order valence-electron chi connectivity index (χ4n) is 3.98. The molecule has 3 aromatic rings. The number of ether oxygens (including phenoxy) is 1. The number of para-hydroxylation sites is 1. The number of aryl methyl sites for hydroxylation is 1. The average molecular weight is 474 g/mol. The first-order valence-corrected chi connectivity index (χ1v) is 13.0. The van der Waals surface area contributed by atoms with E-state index in [4.69, 9.17) is 4.74 Å². The zero-order valence-electron chi connectivity index (χ0n) is 18.4. The molecule has 0 N–H and O–H groups in total.